The first-order valence-corrected chi connectivity index (χ1v) is 8.42. The maximum absolute atomic E-state index is 11.5. The maximum Gasteiger partial charge on any atom is 0.161 e. The number of hydrogen-bond acceptors (Lipinski definition) is 4. The molecule has 1 N–H and O–H groups in total. The van der Waals surface area contributed by atoms with Gasteiger partial charge in [0.2, 0.25) is 0 Å². The van der Waals surface area contributed by atoms with Crippen molar-refractivity contribution in [1.82, 2.24) is 10.2 Å². The van der Waals surface area contributed by atoms with Gasteiger partial charge in [-0.2, -0.15) is 0 Å². The summed E-state index contributed by atoms with van der Waals surface area (Å²) < 4.78 is 0. The smallest absolute Gasteiger partial charge is 0.161 e. The Morgan fingerprint density at radius 2 is 2.00 bits per heavy atom. The number of Topliss-reactive ketones (excluding diaryl/α,β-unsaturated/α-hetero) is 1. The van der Waals surface area contributed by atoms with Crippen molar-refractivity contribution in [3.05, 3.63) is 28.8 Å². The monoisotopic (exact) mass is 321 g/mol. The van der Waals surface area contributed by atoms with Gasteiger partial charge in [0.1, 0.15) is 0 Å². The van der Waals surface area contributed by atoms with Crippen LogP contribution in [0.4, 0.5) is 5.69 Å². The van der Waals surface area contributed by atoms with Gasteiger partial charge in [0, 0.05) is 37.4 Å². The predicted molar refractivity (Wildman–Crippen MR) is 91.1 cm³/mol. The van der Waals surface area contributed by atoms with Crippen LogP contribution in [0.15, 0.2) is 18.2 Å². The van der Waals surface area contributed by atoms with Crippen LogP contribution in [-0.2, 0) is 0 Å². The summed E-state index contributed by atoms with van der Waals surface area (Å²) in [6.07, 6.45) is 2.52. The SMILES string of the molecule is CC(=O)c1ccc(N(C)C2CN(C3CCNCC3)C2)cc1Cl. The summed E-state index contributed by atoms with van der Waals surface area (Å²) in [5, 5.41) is 3.97. The fourth-order valence-corrected chi connectivity index (χ4v) is 3.73. The summed E-state index contributed by atoms with van der Waals surface area (Å²) in [5.74, 6) is 0.0138. The summed E-state index contributed by atoms with van der Waals surface area (Å²) in [6, 6.07) is 7.02. The fourth-order valence-electron chi connectivity index (χ4n) is 3.42. The second kappa shape index (κ2) is 6.57. The fraction of sp³-hybridized carbons (Fsp3) is 0.588. The molecule has 2 aliphatic heterocycles. The van der Waals surface area contributed by atoms with Crippen molar-refractivity contribution in [3.63, 3.8) is 0 Å². The van der Waals surface area contributed by atoms with Crippen molar-refractivity contribution >= 4 is 23.1 Å². The minimum atomic E-state index is 0.0138. The zero-order valence-electron chi connectivity index (χ0n) is 13.3. The number of carbonyl (C=O) groups excluding carboxylic acids is 1. The molecule has 0 aromatic heterocycles. The van der Waals surface area contributed by atoms with Gasteiger partial charge in [-0.1, -0.05) is 11.6 Å². The van der Waals surface area contributed by atoms with E-state index in [1.54, 1.807) is 6.92 Å². The highest BCUT2D eigenvalue weighted by atomic mass is 35.5. The van der Waals surface area contributed by atoms with Gasteiger partial charge in [-0.05, 0) is 51.1 Å². The molecule has 0 spiro atoms. The van der Waals surface area contributed by atoms with Crippen LogP contribution in [0.3, 0.4) is 0 Å². The number of halogens is 1. The van der Waals surface area contributed by atoms with Gasteiger partial charge in [0.05, 0.1) is 11.1 Å². The molecule has 0 radical (unpaired) electrons. The predicted octanol–water partition coefficient (Wildman–Crippen LogP) is 2.42. The van der Waals surface area contributed by atoms with Gasteiger partial charge in [-0.15, -0.1) is 0 Å². The zero-order chi connectivity index (χ0) is 15.7. The van der Waals surface area contributed by atoms with Crippen molar-refractivity contribution < 1.29 is 4.79 Å². The highest BCUT2D eigenvalue weighted by Crippen LogP contribution is 2.28. The number of benzene rings is 1. The van der Waals surface area contributed by atoms with Gasteiger partial charge >= 0.3 is 0 Å². The molecule has 0 amide bonds. The molecule has 1 aromatic rings. The number of rotatable bonds is 4. The summed E-state index contributed by atoms with van der Waals surface area (Å²) in [7, 11) is 2.11. The van der Waals surface area contributed by atoms with Gasteiger partial charge in [-0.3, -0.25) is 9.69 Å². The average molecular weight is 322 g/mol. The van der Waals surface area contributed by atoms with Crippen molar-refractivity contribution in [3.8, 4) is 0 Å². The highest BCUT2D eigenvalue weighted by Gasteiger charge is 2.35. The normalized spacial score (nSPS) is 20.7. The first-order valence-electron chi connectivity index (χ1n) is 8.04. The van der Waals surface area contributed by atoms with Gasteiger partial charge < -0.3 is 10.2 Å². The van der Waals surface area contributed by atoms with E-state index in [1.807, 2.05) is 18.2 Å². The van der Waals surface area contributed by atoms with E-state index < -0.39 is 0 Å². The van der Waals surface area contributed by atoms with Crippen molar-refractivity contribution in [2.75, 3.05) is 38.1 Å². The van der Waals surface area contributed by atoms with Crippen LogP contribution >= 0.6 is 11.6 Å². The van der Waals surface area contributed by atoms with E-state index in [2.05, 4.69) is 22.2 Å². The molecule has 2 fully saturated rings. The van der Waals surface area contributed by atoms with Crippen molar-refractivity contribution in [1.29, 1.82) is 0 Å². The van der Waals surface area contributed by atoms with Crippen LogP contribution < -0.4 is 10.2 Å². The molecular weight excluding hydrogens is 298 g/mol. The van der Waals surface area contributed by atoms with E-state index in [1.165, 1.54) is 12.8 Å². The van der Waals surface area contributed by atoms with Crippen LogP contribution in [0, 0.1) is 0 Å². The summed E-state index contributed by atoms with van der Waals surface area (Å²) >= 11 is 6.22. The molecule has 120 valence electrons. The number of carbonyl (C=O) groups is 1. The minimum Gasteiger partial charge on any atom is -0.369 e. The number of ketones is 1. The molecule has 5 heteroatoms. The van der Waals surface area contributed by atoms with Crippen LogP contribution in [-0.4, -0.2) is 56.0 Å². The van der Waals surface area contributed by atoms with Gasteiger partial charge in [0.25, 0.3) is 0 Å². The highest BCUT2D eigenvalue weighted by molar-refractivity contribution is 6.34. The Labute approximate surface area is 137 Å². The Morgan fingerprint density at radius 1 is 1.32 bits per heavy atom. The van der Waals surface area contributed by atoms with E-state index in [-0.39, 0.29) is 5.78 Å². The number of anilines is 1. The lowest BCUT2D eigenvalue weighted by Crippen LogP contribution is -2.62. The molecule has 0 atom stereocenters. The third-order valence-electron chi connectivity index (χ3n) is 5.00. The quantitative estimate of drug-likeness (QED) is 0.864. The number of hydrogen-bond donors (Lipinski definition) is 1. The Balaban J connectivity index is 1.60. The zero-order valence-corrected chi connectivity index (χ0v) is 14.1. The molecule has 0 unspecified atom stereocenters. The number of likely N-dealkylation sites (tertiary alicyclic amines) is 1. The second-order valence-electron chi connectivity index (χ2n) is 6.42. The molecule has 22 heavy (non-hydrogen) atoms. The topological polar surface area (TPSA) is 35.6 Å². The van der Waals surface area contributed by atoms with E-state index in [9.17, 15) is 4.79 Å². The standard InChI is InChI=1S/C17H24ClN3O/c1-12(22)16-4-3-14(9-17(16)18)20(2)15-10-21(11-15)13-5-7-19-8-6-13/h3-4,9,13,15,19H,5-8,10-11H2,1-2H3. The van der Waals surface area contributed by atoms with E-state index in [0.29, 0.717) is 16.6 Å². The molecule has 0 aliphatic carbocycles. The van der Waals surface area contributed by atoms with E-state index in [0.717, 1.165) is 37.9 Å². The van der Waals surface area contributed by atoms with Crippen LogP contribution in [0.2, 0.25) is 5.02 Å². The molecule has 1 aromatic carbocycles. The average Bonchev–Trinajstić information content (AvgIpc) is 2.46. The Kier molecular flexibility index (Phi) is 4.71. The Morgan fingerprint density at radius 3 is 2.59 bits per heavy atom. The number of likely N-dealkylation sites (N-methyl/N-ethyl adjacent to an activating group) is 1. The van der Waals surface area contributed by atoms with Crippen LogP contribution in [0.1, 0.15) is 30.1 Å². The lowest BCUT2D eigenvalue weighted by atomic mass is 9.97. The van der Waals surface area contributed by atoms with Crippen LogP contribution in [0.25, 0.3) is 0 Å². The molecule has 0 saturated carbocycles. The molecule has 4 nitrogen and oxygen atoms in total. The first-order chi connectivity index (χ1) is 10.6. The van der Waals surface area contributed by atoms with Gasteiger partial charge in [-0.25, -0.2) is 0 Å². The Bertz CT molecular complexity index is 551. The molecule has 3 rings (SSSR count). The van der Waals surface area contributed by atoms with Crippen molar-refractivity contribution in [2.24, 2.45) is 0 Å². The number of nitrogens with one attached hydrogen (secondary N) is 1. The second-order valence-corrected chi connectivity index (χ2v) is 6.83. The lowest BCUT2D eigenvalue weighted by molar-refractivity contribution is 0.0734. The maximum atomic E-state index is 11.5. The third-order valence-corrected chi connectivity index (χ3v) is 5.32. The third kappa shape index (κ3) is 3.14. The van der Waals surface area contributed by atoms with Crippen molar-refractivity contribution in [2.45, 2.75) is 31.8 Å². The molecule has 2 heterocycles. The molecule has 2 aliphatic rings. The summed E-state index contributed by atoms with van der Waals surface area (Å²) in [6.45, 7) is 6.07. The van der Waals surface area contributed by atoms with Gasteiger partial charge in [0.15, 0.2) is 5.78 Å². The number of nitrogens with zero attached hydrogens (tertiary/aromatic N) is 2. The largest absolute Gasteiger partial charge is 0.369 e. The van der Waals surface area contributed by atoms with E-state index >= 15 is 0 Å². The van der Waals surface area contributed by atoms with E-state index in [4.69, 9.17) is 11.6 Å². The first kappa shape index (κ1) is 15.8. The molecule has 2 saturated heterocycles. The molecule has 0 bridgehead atoms. The summed E-state index contributed by atoms with van der Waals surface area (Å²) in [4.78, 5) is 16.3. The lowest BCUT2D eigenvalue weighted by Gasteiger charge is -2.49. The number of piperidine rings is 1. The molecular formula is C17H24ClN3O. The Hall–Kier alpha value is -1.10. The summed E-state index contributed by atoms with van der Waals surface area (Å²) in [5.41, 5.74) is 1.69. The minimum absolute atomic E-state index is 0.0138. The van der Waals surface area contributed by atoms with Crippen LogP contribution in [0.5, 0.6) is 0 Å².